The van der Waals surface area contributed by atoms with Gasteiger partial charge in [0.15, 0.2) is 5.96 Å². The summed E-state index contributed by atoms with van der Waals surface area (Å²) in [4.78, 5) is 6.75. The highest BCUT2D eigenvalue weighted by Crippen LogP contribution is 2.11. The van der Waals surface area contributed by atoms with Crippen molar-refractivity contribution in [2.45, 2.75) is 31.9 Å². The molecule has 1 aromatic carbocycles. The van der Waals surface area contributed by atoms with Crippen molar-refractivity contribution < 1.29 is 4.74 Å². The van der Waals surface area contributed by atoms with Gasteiger partial charge in [-0.2, -0.15) is 0 Å². The van der Waals surface area contributed by atoms with Crippen molar-refractivity contribution >= 4 is 29.9 Å². The molecule has 1 saturated heterocycles. The fourth-order valence-corrected chi connectivity index (χ4v) is 2.84. The second kappa shape index (κ2) is 12.1. The number of likely N-dealkylation sites (tertiary alicyclic amines) is 1. The summed E-state index contributed by atoms with van der Waals surface area (Å²) < 4.78 is 5.88. The SMILES string of the molecule is C=CCN1CCC(NC(=NC)NCC(C)Oc2ccccc2)CC1.I. The number of nitrogens with one attached hydrogen (secondary N) is 2. The van der Waals surface area contributed by atoms with Gasteiger partial charge in [-0.15, -0.1) is 30.6 Å². The molecule has 0 radical (unpaired) electrons. The maximum Gasteiger partial charge on any atom is 0.191 e. The first kappa shape index (κ1) is 21.8. The zero-order chi connectivity index (χ0) is 17.2. The van der Waals surface area contributed by atoms with Crippen molar-refractivity contribution in [3.05, 3.63) is 43.0 Å². The Bertz CT molecular complexity index is 515. The molecule has 1 aromatic rings. The Morgan fingerprint density at radius 3 is 2.64 bits per heavy atom. The number of hydrogen-bond acceptors (Lipinski definition) is 3. The number of rotatable bonds is 7. The summed E-state index contributed by atoms with van der Waals surface area (Å²) in [5.74, 6) is 1.74. The highest BCUT2D eigenvalue weighted by Gasteiger charge is 2.19. The molecule has 1 fully saturated rings. The van der Waals surface area contributed by atoms with Gasteiger partial charge in [0, 0.05) is 32.7 Å². The molecule has 1 atom stereocenters. The molecular formula is C19H31IN4O. The van der Waals surface area contributed by atoms with E-state index in [0.717, 1.165) is 44.2 Å². The van der Waals surface area contributed by atoms with Crippen LogP contribution in [0.2, 0.25) is 0 Å². The van der Waals surface area contributed by atoms with E-state index >= 15 is 0 Å². The number of ether oxygens (including phenoxy) is 1. The molecule has 1 aliphatic heterocycles. The molecule has 25 heavy (non-hydrogen) atoms. The Kier molecular flexibility index (Phi) is 10.6. The number of para-hydroxylation sites is 1. The maximum absolute atomic E-state index is 5.88. The molecule has 0 spiro atoms. The van der Waals surface area contributed by atoms with Gasteiger partial charge in [0.1, 0.15) is 11.9 Å². The van der Waals surface area contributed by atoms with Crippen LogP contribution in [0.3, 0.4) is 0 Å². The quantitative estimate of drug-likeness (QED) is 0.286. The molecule has 1 heterocycles. The Morgan fingerprint density at radius 1 is 1.36 bits per heavy atom. The molecule has 0 bridgehead atoms. The van der Waals surface area contributed by atoms with Gasteiger partial charge in [-0.1, -0.05) is 24.3 Å². The topological polar surface area (TPSA) is 48.9 Å². The molecule has 0 amide bonds. The molecule has 1 unspecified atom stereocenters. The number of aliphatic imine (C=N–C) groups is 1. The van der Waals surface area contributed by atoms with Crippen LogP contribution in [-0.2, 0) is 0 Å². The fraction of sp³-hybridized carbons (Fsp3) is 0.526. The Hall–Kier alpha value is -1.28. The zero-order valence-electron chi connectivity index (χ0n) is 15.3. The molecule has 1 aliphatic rings. The summed E-state index contributed by atoms with van der Waals surface area (Å²) in [6.45, 7) is 9.77. The van der Waals surface area contributed by atoms with E-state index in [1.165, 1.54) is 0 Å². The minimum absolute atomic E-state index is 0. The van der Waals surface area contributed by atoms with Crippen LogP contribution in [0.5, 0.6) is 5.75 Å². The van der Waals surface area contributed by atoms with Gasteiger partial charge >= 0.3 is 0 Å². The van der Waals surface area contributed by atoms with Gasteiger partial charge < -0.3 is 15.4 Å². The lowest BCUT2D eigenvalue weighted by Crippen LogP contribution is -2.50. The first-order chi connectivity index (χ1) is 11.7. The molecular weight excluding hydrogens is 427 g/mol. The summed E-state index contributed by atoms with van der Waals surface area (Å²) in [6, 6.07) is 10.4. The van der Waals surface area contributed by atoms with Crippen LogP contribution in [0.4, 0.5) is 0 Å². The van der Waals surface area contributed by atoms with Gasteiger partial charge in [-0.25, -0.2) is 0 Å². The minimum atomic E-state index is 0. The summed E-state index contributed by atoms with van der Waals surface area (Å²) in [6.07, 6.45) is 4.30. The van der Waals surface area contributed by atoms with Crippen LogP contribution in [-0.4, -0.2) is 56.2 Å². The van der Waals surface area contributed by atoms with Gasteiger partial charge in [0.2, 0.25) is 0 Å². The second-order valence-corrected chi connectivity index (χ2v) is 6.20. The lowest BCUT2D eigenvalue weighted by molar-refractivity contribution is 0.219. The van der Waals surface area contributed by atoms with E-state index in [2.05, 4.69) is 34.0 Å². The van der Waals surface area contributed by atoms with Crippen molar-refractivity contribution in [3.8, 4) is 5.75 Å². The molecule has 6 heteroatoms. The molecule has 0 saturated carbocycles. The van der Waals surface area contributed by atoms with Crippen LogP contribution in [0.15, 0.2) is 48.0 Å². The third-order valence-corrected chi connectivity index (χ3v) is 4.18. The highest BCUT2D eigenvalue weighted by atomic mass is 127. The number of benzene rings is 1. The first-order valence-corrected chi connectivity index (χ1v) is 8.73. The lowest BCUT2D eigenvalue weighted by atomic mass is 10.1. The number of nitrogens with zero attached hydrogens (tertiary/aromatic N) is 2. The van der Waals surface area contributed by atoms with Crippen molar-refractivity contribution in [1.29, 1.82) is 0 Å². The van der Waals surface area contributed by atoms with Gasteiger partial charge in [-0.3, -0.25) is 9.89 Å². The number of hydrogen-bond donors (Lipinski definition) is 2. The highest BCUT2D eigenvalue weighted by molar-refractivity contribution is 14.0. The molecule has 0 aliphatic carbocycles. The number of halogens is 1. The van der Waals surface area contributed by atoms with E-state index in [1.54, 1.807) is 0 Å². The smallest absolute Gasteiger partial charge is 0.191 e. The summed E-state index contributed by atoms with van der Waals surface area (Å²) in [5, 5.41) is 6.88. The Morgan fingerprint density at radius 2 is 2.04 bits per heavy atom. The van der Waals surface area contributed by atoms with E-state index in [1.807, 2.05) is 43.5 Å². The van der Waals surface area contributed by atoms with E-state index in [-0.39, 0.29) is 30.1 Å². The fourth-order valence-electron chi connectivity index (χ4n) is 2.84. The predicted octanol–water partition coefficient (Wildman–Crippen LogP) is 2.89. The Balaban J connectivity index is 0.00000312. The van der Waals surface area contributed by atoms with Gasteiger partial charge in [-0.05, 0) is 31.9 Å². The summed E-state index contributed by atoms with van der Waals surface area (Å²) in [5.41, 5.74) is 0. The van der Waals surface area contributed by atoms with Crippen LogP contribution < -0.4 is 15.4 Å². The van der Waals surface area contributed by atoms with E-state index in [4.69, 9.17) is 4.74 Å². The average Bonchev–Trinajstić information content (AvgIpc) is 2.61. The maximum atomic E-state index is 5.88. The third kappa shape index (κ3) is 8.09. The summed E-state index contributed by atoms with van der Waals surface area (Å²) in [7, 11) is 1.81. The molecule has 140 valence electrons. The predicted molar refractivity (Wildman–Crippen MR) is 116 cm³/mol. The van der Waals surface area contributed by atoms with Crippen LogP contribution in [0.1, 0.15) is 19.8 Å². The monoisotopic (exact) mass is 458 g/mol. The largest absolute Gasteiger partial charge is 0.489 e. The van der Waals surface area contributed by atoms with Crippen molar-refractivity contribution in [3.63, 3.8) is 0 Å². The number of piperidine rings is 1. The van der Waals surface area contributed by atoms with Gasteiger partial charge in [0.25, 0.3) is 0 Å². The van der Waals surface area contributed by atoms with Crippen LogP contribution in [0, 0.1) is 0 Å². The normalized spacial score (nSPS) is 17.3. The van der Waals surface area contributed by atoms with Crippen molar-refractivity contribution in [2.75, 3.05) is 33.2 Å². The third-order valence-electron chi connectivity index (χ3n) is 4.18. The average molecular weight is 458 g/mol. The second-order valence-electron chi connectivity index (χ2n) is 6.20. The lowest BCUT2D eigenvalue weighted by Gasteiger charge is -2.32. The summed E-state index contributed by atoms with van der Waals surface area (Å²) >= 11 is 0. The van der Waals surface area contributed by atoms with Gasteiger partial charge in [0.05, 0.1) is 6.54 Å². The van der Waals surface area contributed by atoms with E-state index in [9.17, 15) is 0 Å². The van der Waals surface area contributed by atoms with Crippen molar-refractivity contribution in [2.24, 2.45) is 4.99 Å². The first-order valence-electron chi connectivity index (χ1n) is 8.73. The Labute approximate surface area is 168 Å². The van der Waals surface area contributed by atoms with E-state index in [0.29, 0.717) is 12.6 Å². The number of guanidine groups is 1. The molecule has 2 N–H and O–H groups in total. The molecule has 5 nitrogen and oxygen atoms in total. The molecule has 0 aromatic heterocycles. The van der Waals surface area contributed by atoms with Crippen LogP contribution >= 0.6 is 24.0 Å². The van der Waals surface area contributed by atoms with Crippen molar-refractivity contribution in [1.82, 2.24) is 15.5 Å². The zero-order valence-corrected chi connectivity index (χ0v) is 17.6. The standard InChI is InChI=1S/C19H30N4O.HI/c1-4-12-23-13-10-17(11-14-23)22-19(20-3)21-15-16(2)24-18-8-6-5-7-9-18;/h4-9,16-17H,1,10-15H2,2-3H3,(H2,20,21,22);1H. The van der Waals surface area contributed by atoms with E-state index < -0.39 is 0 Å². The minimum Gasteiger partial charge on any atom is -0.489 e. The van der Waals surface area contributed by atoms with Crippen LogP contribution in [0.25, 0.3) is 0 Å². The molecule has 2 rings (SSSR count).